The Morgan fingerprint density at radius 3 is 2.57 bits per heavy atom. The van der Waals surface area contributed by atoms with Crippen LogP contribution in [0.1, 0.15) is 42.9 Å². The highest BCUT2D eigenvalue weighted by molar-refractivity contribution is 7.89. The first kappa shape index (κ1) is 34.3. The smallest absolute Gasteiger partial charge is 0.374 e. The summed E-state index contributed by atoms with van der Waals surface area (Å²) in [6, 6.07) is 3.69. The summed E-state index contributed by atoms with van der Waals surface area (Å²) >= 11 is 0. The van der Waals surface area contributed by atoms with Crippen molar-refractivity contribution in [2.24, 2.45) is 12.2 Å². The molecule has 254 valence electrons. The third-order valence-electron chi connectivity index (χ3n) is 7.79. The van der Waals surface area contributed by atoms with E-state index in [1.165, 1.54) is 28.4 Å². The second kappa shape index (κ2) is 13.2. The van der Waals surface area contributed by atoms with Crippen LogP contribution in [0.5, 0.6) is 0 Å². The van der Waals surface area contributed by atoms with E-state index in [1.807, 2.05) is 6.92 Å². The van der Waals surface area contributed by atoms with E-state index in [2.05, 4.69) is 44.6 Å². The molecule has 15 nitrogen and oxygen atoms in total. The Morgan fingerprint density at radius 2 is 1.96 bits per heavy atom. The largest absolute Gasteiger partial charge is 0.460 e. The molecular weight excluding hydrogens is 645 g/mol. The number of aromatic amines is 1. The van der Waals surface area contributed by atoms with Gasteiger partial charge in [0.05, 0.1) is 40.8 Å². The van der Waals surface area contributed by atoms with Crippen molar-refractivity contribution in [1.82, 2.24) is 33.6 Å². The molecule has 1 aromatic carbocycles. The number of carbonyl (C=O) groups excluding carboxylic acids is 1. The van der Waals surface area contributed by atoms with Crippen LogP contribution >= 0.6 is 0 Å². The van der Waals surface area contributed by atoms with E-state index in [-0.39, 0.29) is 58.4 Å². The maximum absolute atomic E-state index is 14.2. The lowest BCUT2D eigenvalue weighted by Gasteiger charge is -2.16. The Kier molecular flexibility index (Phi) is 9.63. The number of imidazole rings is 1. The van der Waals surface area contributed by atoms with E-state index < -0.39 is 35.2 Å². The highest BCUT2D eigenvalue weighted by Gasteiger charge is 2.41. The van der Waals surface area contributed by atoms with E-state index in [4.69, 9.17) is 14.3 Å². The fourth-order valence-electron chi connectivity index (χ4n) is 4.96. The third-order valence-corrected chi connectivity index (χ3v) is 11.1. The summed E-state index contributed by atoms with van der Waals surface area (Å²) in [5.74, 6) is -0.687. The van der Waals surface area contributed by atoms with Gasteiger partial charge in [-0.25, -0.2) is 22.9 Å². The van der Waals surface area contributed by atoms with E-state index in [1.54, 1.807) is 37.2 Å². The normalized spacial score (nSPS) is 14.9. The number of hydrogen-bond acceptors (Lipinski definition) is 10. The van der Waals surface area contributed by atoms with E-state index in [0.29, 0.717) is 25.0 Å². The average molecular weight is 687 g/mol. The van der Waals surface area contributed by atoms with Crippen LogP contribution in [0.2, 0.25) is 25.7 Å². The summed E-state index contributed by atoms with van der Waals surface area (Å²) in [6.45, 7) is 11.0. The molecule has 0 spiro atoms. The summed E-state index contributed by atoms with van der Waals surface area (Å²) in [5, 5.41) is 8.31. The molecule has 1 aliphatic carbocycles. The predicted octanol–water partition coefficient (Wildman–Crippen LogP) is 2.76. The van der Waals surface area contributed by atoms with Crippen molar-refractivity contribution >= 4 is 35.0 Å². The fraction of sp³-hybridized carbons (Fsp3) is 0.500. The lowest BCUT2D eigenvalue weighted by atomic mass is 10.1. The van der Waals surface area contributed by atoms with Crippen LogP contribution in [0.3, 0.4) is 0 Å². The minimum atomic E-state index is -4.06. The third kappa shape index (κ3) is 7.91. The Hall–Kier alpha value is -4.06. The van der Waals surface area contributed by atoms with Crippen LogP contribution in [-0.2, 0) is 44.7 Å². The van der Waals surface area contributed by atoms with Gasteiger partial charge in [-0.15, -0.1) is 0 Å². The molecule has 0 unspecified atom stereocenters. The van der Waals surface area contributed by atoms with Crippen molar-refractivity contribution < 1.29 is 27.5 Å². The highest BCUT2D eigenvalue weighted by Crippen LogP contribution is 2.37. The zero-order valence-corrected chi connectivity index (χ0v) is 29.6. The molecule has 47 heavy (non-hydrogen) atoms. The van der Waals surface area contributed by atoms with Gasteiger partial charge in [-0.1, -0.05) is 19.6 Å². The number of carbonyl (C=O) groups is 1. The number of rotatable bonds is 14. The van der Waals surface area contributed by atoms with Gasteiger partial charge in [0.15, 0.2) is 0 Å². The number of H-pyrrole nitrogens is 1. The highest BCUT2D eigenvalue weighted by atomic mass is 32.2. The van der Waals surface area contributed by atoms with Gasteiger partial charge in [0, 0.05) is 50.8 Å². The second-order valence-electron chi connectivity index (χ2n) is 13.2. The predicted molar refractivity (Wildman–Crippen MR) is 177 cm³/mol. The number of benzene rings is 1. The molecule has 0 bridgehead atoms. The minimum absolute atomic E-state index is 0.0212. The van der Waals surface area contributed by atoms with Crippen molar-refractivity contribution in [3.8, 4) is 11.3 Å². The Labute approximate surface area is 273 Å². The quantitative estimate of drug-likeness (QED) is 0.0874. The van der Waals surface area contributed by atoms with E-state index in [9.17, 15) is 18.0 Å². The standard InChI is InChI=1S/C30H42N8O7SSi/c1-8-45-28(40)26-32-24(18-37(26)19-44-11-12-47(5,6)7)22-13-21(46(41,42)35-30(2)9-10-30)14-23-25(22)33-29(34-43-4)38(27(23)39)17-20-15-31-36(3)16-20/h13-16,18,35H,8-12,17,19H2,1-7H3,(H,33,34). The molecule has 1 saturated carbocycles. The van der Waals surface area contributed by atoms with Crippen molar-refractivity contribution in [3.05, 3.63) is 58.1 Å². The average Bonchev–Trinajstić information content (AvgIpc) is 3.34. The summed E-state index contributed by atoms with van der Waals surface area (Å²) in [7, 11) is -2.32. The topological polar surface area (TPSA) is 177 Å². The lowest BCUT2D eigenvalue weighted by Crippen LogP contribution is -2.37. The maximum atomic E-state index is 14.2. The fourth-order valence-corrected chi connectivity index (χ4v) is 7.23. The van der Waals surface area contributed by atoms with Gasteiger partial charge in [0.1, 0.15) is 13.8 Å². The zero-order valence-electron chi connectivity index (χ0n) is 27.8. The molecule has 5 rings (SSSR count). The van der Waals surface area contributed by atoms with Crippen molar-refractivity contribution in [3.63, 3.8) is 0 Å². The van der Waals surface area contributed by atoms with Gasteiger partial charge in [-0.3, -0.25) is 14.0 Å². The SMILES string of the molecule is CCOC(=O)c1nc(-c2cc(S(=O)(=O)NC3(C)CC3)cc3c(=O)n(Cc4cnn(C)c4)/c(=N/OC)[nH]c23)cn1COCC[Si](C)(C)C. The number of esters is 1. The molecule has 1 aliphatic rings. The van der Waals surface area contributed by atoms with Gasteiger partial charge < -0.3 is 23.9 Å². The van der Waals surface area contributed by atoms with Crippen LogP contribution in [0.4, 0.5) is 0 Å². The van der Waals surface area contributed by atoms with Gasteiger partial charge in [-0.05, 0) is 50.0 Å². The van der Waals surface area contributed by atoms with Crippen LogP contribution in [0, 0.1) is 0 Å². The molecule has 0 amide bonds. The molecular formula is C30H42N8O7SSi. The number of aryl methyl sites for hydroxylation is 1. The van der Waals surface area contributed by atoms with Gasteiger partial charge in [0.2, 0.25) is 21.5 Å². The number of aromatic nitrogens is 6. The molecule has 0 atom stereocenters. The molecule has 3 heterocycles. The Morgan fingerprint density at radius 1 is 1.21 bits per heavy atom. The summed E-state index contributed by atoms with van der Waals surface area (Å²) in [6.07, 6.45) is 6.37. The number of nitrogens with one attached hydrogen (secondary N) is 2. The van der Waals surface area contributed by atoms with Crippen molar-refractivity contribution in [2.45, 2.75) is 76.1 Å². The van der Waals surface area contributed by atoms with Crippen molar-refractivity contribution in [2.75, 3.05) is 20.3 Å². The van der Waals surface area contributed by atoms with Crippen LogP contribution in [0.25, 0.3) is 22.2 Å². The molecule has 2 N–H and O–H groups in total. The Bertz CT molecular complexity index is 2030. The molecule has 17 heteroatoms. The summed E-state index contributed by atoms with van der Waals surface area (Å²) < 4.78 is 45.8. The first-order valence-electron chi connectivity index (χ1n) is 15.3. The first-order valence-corrected chi connectivity index (χ1v) is 20.5. The Balaban J connectivity index is 1.72. The molecule has 1 fully saturated rings. The minimum Gasteiger partial charge on any atom is -0.460 e. The van der Waals surface area contributed by atoms with Crippen LogP contribution in [-0.4, -0.2) is 77.2 Å². The monoisotopic (exact) mass is 686 g/mol. The number of hydrogen-bond donors (Lipinski definition) is 2. The van der Waals surface area contributed by atoms with Gasteiger partial charge in [0.25, 0.3) is 5.56 Å². The maximum Gasteiger partial charge on any atom is 0.374 e. The molecule has 3 aromatic heterocycles. The summed E-state index contributed by atoms with van der Waals surface area (Å²) in [5.41, 5.74) is 0.453. The van der Waals surface area contributed by atoms with Crippen LogP contribution in [0.15, 0.2) is 45.6 Å². The summed E-state index contributed by atoms with van der Waals surface area (Å²) in [4.78, 5) is 39.9. The molecule has 4 aromatic rings. The second-order valence-corrected chi connectivity index (χ2v) is 20.5. The van der Waals surface area contributed by atoms with Crippen molar-refractivity contribution in [1.29, 1.82) is 0 Å². The number of fused-ring (bicyclic) bond motifs is 1. The van der Waals surface area contributed by atoms with Gasteiger partial charge >= 0.3 is 5.97 Å². The number of ether oxygens (including phenoxy) is 2. The first-order chi connectivity index (χ1) is 22.1. The van der Waals surface area contributed by atoms with E-state index in [0.717, 1.165) is 6.04 Å². The molecule has 0 radical (unpaired) electrons. The molecule has 0 saturated heterocycles. The molecule has 0 aliphatic heterocycles. The number of nitrogens with zero attached hydrogens (tertiary/aromatic N) is 6. The number of sulfonamides is 1. The lowest BCUT2D eigenvalue weighted by molar-refractivity contribution is 0.0464. The van der Waals surface area contributed by atoms with Crippen LogP contribution < -0.4 is 15.9 Å². The van der Waals surface area contributed by atoms with Gasteiger partial charge in [-0.2, -0.15) is 5.10 Å². The van der Waals surface area contributed by atoms with E-state index >= 15 is 0 Å². The zero-order chi connectivity index (χ0) is 34.1.